The highest BCUT2D eigenvalue weighted by Crippen LogP contribution is 2.36. The van der Waals surface area contributed by atoms with Crippen LogP contribution in [0.4, 0.5) is 4.39 Å². The van der Waals surface area contributed by atoms with Crippen molar-refractivity contribution < 1.29 is 9.50 Å². The number of aromatic nitrogens is 1. The van der Waals surface area contributed by atoms with E-state index in [1.807, 2.05) is 0 Å². The number of halogens is 2. The van der Waals surface area contributed by atoms with Gasteiger partial charge in [-0.05, 0) is 54.2 Å². The summed E-state index contributed by atoms with van der Waals surface area (Å²) >= 11 is 6.03. The van der Waals surface area contributed by atoms with E-state index in [4.69, 9.17) is 11.6 Å². The maximum absolute atomic E-state index is 13.0. The fraction of sp³-hybridized carbons (Fsp3) is 0.267. The second kappa shape index (κ2) is 4.91. The van der Waals surface area contributed by atoms with Crippen molar-refractivity contribution in [2.24, 2.45) is 0 Å². The summed E-state index contributed by atoms with van der Waals surface area (Å²) in [6.45, 7) is 0. The average molecular weight is 278 g/mol. The number of pyridine rings is 1. The number of nitrogens with zero attached hydrogens (tertiary/aromatic N) is 1. The molecule has 1 aliphatic rings. The van der Waals surface area contributed by atoms with E-state index in [0.717, 1.165) is 29.5 Å². The van der Waals surface area contributed by atoms with E-state index >= 15 is 0 Å². The van der Waals surface area contributed by atoms with Gasteiger partial charge in [0.15, 0.2) is 0 Å². The van der Waals surface area contributed by atoms with E-state index in [2.05, 4.69) is 4.98 Å². The molecule has 1 aromatic carbocycles. The predicted molar refractivity (Wildman–Crippen MR) is 72.5 cm³/mol. The van der Waals surface area contributed by atoms with Crippen molar-refractivity contribution in [2.45, 2.75) is 25.4 Å². The highest BCUT2D eigenvalue weighted by Gasteiger charge is 2.23. The molecule has 3 rings (SSSR count). The number of aliphatic hydroxyl groups excluding tert-OH is 1. The average Bonchev–Trinajstić information content (AvgIpc) is 2.40. The zero-order valence-electron chi connectivity index (χ0n) is 10.2. The van der Waals surface area contributed by atoms with Crippen LogP contribution in [0.3, 0.4) is 0 Å². The van der Waals surface area contributed by atoms with E-state index in [-0.39, 0.29) is 5.82 Å². The zero-order valence-corrected chi connectivity index (χ0v) is 11.0. The van der Waals surface area contributed by atoms with Crippen LogP contribution < -0.4 is 0 Å². The van der Waals surface area contributed by atoms with Crippen LogP contribution in [0.2, 0.25) is 5.15 Å². The zero-order chi connectivity index (χ0) is 13.4. The minimum Gasteiger partial charge on any atom is -0.387 e. The van der Waals surface area contributed by atoms with Crippen molar-refractivity contribution in [1.29, 1.82) is 0 Å². The Morgan fingerprint density at radius 2 is 2.00 bits per heavy atom. The van der Waals surface area contributed by atoms with Gasteiger partial charge < -0.3 is 5.11 Å². The maximum Gasteiger partial charge on any atom is 0.130 e. The van der Waals surface area contributed by atoms with Gasteiger partial charge in [0.1, 0.15) is 11.0 Å². The molecule has 0 amide bonds. The van der Waals surface area contributed by atoms with Crippen LogP contribution in [0, 0.1) is 5.82 Å². The topological polar surface area (TPSA) is 33.1 Å². The van der Waals surface area contributed by atoms with Crippen LogP contribution in [-0.4, -0.2) is 10.1 Å². The predicted octanol–water partition coefficient (Wildman–Crippen LogP) is 3.91. The molecule has 1 N–H and O–H groups in total. The molecule has 4 heteroatoms. The molecule has 1 aromatic heterocycles. The minimum absolute atomic E-state index is 0.266. The number of hydrogen-bond acceptors (Lipinski definition) is 2. The van der Waals surface area contributed by atoms with Crippen molar-refractivity contribution in [3.8, 4) is 11.1 Å². The van der Waals surface area contributed by atoms with E-state index < -0.39 is 6.10 Å². The van der Waals surface area contributed by atoms with E-state index in [1.165, 1.54) is 12.1 Å². The van der Waals surface area contributed by atoms with Gasteiger partial charge in [-0.1, -0.05) is 23.7 Å². The van der Waals surface area contributed by atoms with Crippen molar-refractivity contribution in [1.82, 2.24) is 4.98 Å². The fourth-order valence-electron chi connectivity index (χ4n) is 2.59. The van der Waals surface area contributed by atoms with E-state index in [1.54, 1.807) is 18.2 Å². The molecule has 19 heavy (non-hydrogen) atoms. The summed E-state index contributed by atoms with van der Waals surface area (Å²) < 4.78 is 13.0. The molecule has 1 aliphatic carbocycles. The summed E-state index contributed by atoms with van der Waals surface area (Å²) in [5.74, 6) is -0.266. The van der Waals surface area contributed by atoms with Crippen LogP contribution in [0.25, 0.3) is 11.1 Å². The highest BCUT2D eigenvalue weighted by atomic mass is 35.5. The Bertz CT molecular complexity index is 612. The normalized spacial score (nSPS) is 18.2. The molecule has 0 spiro atoms. The molecular formula is C15H13ClFNO. The summed E-state index contributed by atoms with van der Waals surface area (Å²) in [5, 5.41) is 10.4. The van der Waals surface area contributed by atoms with Crippen molar-refractivity contribution >= 4 is 11.6 Å². The van der Waals surface area contributed by atoms with Gasteiger partial charge in [0, 0.05) is 0 Å². The molecule has 1 atom stereocenters. The maximum atomic E-state index is 13.0. The number of rotatable bonds is 1. The van der Waals surface area contributed by atoms with Crippen LogP contribution >= 0.6 is 11.6 Å². The molecule has 0 saturated carbocycles. The van der Waals surface area contributed by atoms with Gasteiger partial charge in [-0.25, -0.2) is 9.37 Å². The third-order valence-electron chi connectivity index (χ3n) is 3.50. The fourth-order valence-corrected chi connectivity index (χ4v) is 2.79. The third-order valence-corrected chi connectivity index (χ3v) is 3.69. The first-order valence-corrected chi connectivity index (χ1v) is 6.66. The minimum atomic E-state index is -0.554. The van der Waals surface area contributed by atoms with Crippen LogP contribution in [-0.2, 0) is 6.42 Å². The third kappa shape index (κ3) is 2.36. The summed E-state index contributed by atoms with van der Waals surface area (Å²) in [6.07, 6.45) is 1.94. The molecular weight excluding hydrogens is 265 g/mol. The van der Waals surface area contributed by atoms with Crippen molar-refractivity contribution in [2.75, 3.05) is 0 Å². The molecule has 2 aromatic rings. The van der Waals surface area contributed by atoms with Gasteiger partial charge in [-0.15, -0.1) is 0 Å². The first-order valence-electron chi connectivity index (χ1n) is 6.28. The lowest BCUT2D eigenvalue weighted by Gasteiger charge is -2.23. The van der Waals surface area contributed by atoms with Gasteiger partial charge in [0.25, 0.3) is 0 Å². The Balaban J connectivity index is 2.18. The Hall–Kier alpha value is -1.45. The standard InChI is InChI=1S/C15H13ClFNO/c16-14-8-12(9-4-6-10(17)7-5-9)11-2-1-3-13(19)15(11)18-14/h4-8,13,19H,1-3H2. The highest BCUT2D eigenvalue weighted by molar-refractivity contribution is 6.29. The largest absolute Gasteiger partial charge is 0.387 e. The second-order valence-electron chi connectivity index (χ2n) is 4.77. The molecule has 2 nitrogen and oxygen atoms in total. The number of aliphatic hydroxyl groups is 1. The lowest BCUT2D eigenvalue weighted by molar-refractivity contribution is 0.151. The van der Waals surface area contributed by atoms with Crippen molar-refractivity contribution in [3.63, 3.8) is 0 Å². The monoisotopic (exact) mass is 277 g/mol. The van der Waals surface area contributed by atoms with Crippen LogP contribution in [0.15, 0.2) is 30.3 Å². The first kappa shape index (κ1) is 12.6. The molecule has 1 heterocycles. The summed E-state index contributed by atoms with van der Waals surface area (Å²) in [7, 11) is 0. The van der Waals surface area contributed by atoms with Crippen molar-refractivity contribution in [3.05, 3.63) is 52.6 Å². The Kier molecular flexibility index (Phi) is 3.25. The number of fused-ring (bicyclic) bond motifs is 1. The lowest BCUT2D eigenvalue weighted by atomic mass is 9.88. The summed E-state index contributed by atoms with van der Waals surface area (Å²) in [4.78, 5) is 4.24. The van der Waals surface area contributed by atoms with Crippen LogP contribution in [0.5, 0.6) is 0 Å². The Morgan fingerprint density at radius 3 is 2.74 bits per heavy atom. The van der Waals surface area contributed by atoms with E-state index in [0.29, 0.717) is 17.3 Å². The molecule has 0 radical (unpaired) electrons. The Morgan fingerprint density at radius 1 is 1.26 bits per heavy atom. The van der Waals surface area contributed by atoms with Gasteiger partial charge in [0.2, 0.25) is 0 Å². The van der Waals surface area contributed by atoms with Gasteiger partial charge in [-0.2, -0.15) is 0 Å². The van der Waals surface area contributed by atoms with Gasteiger partial charge in [-0.3, -0.25) is 0 Å². The molecule has 0 saturated heterocycles. The molecule has 0 bridgehead atoms. The summed E-state index contributed by atoms with van der Waals surface area (Å²) in [5.41, 5.74) is 3.53. The molecule has 0 aliphatic heterocycles. The van der Waals surface area contributed by atoms with Crippen LogP contribution in [0.1, 0.15) is 30.2 Å². The lowest BCUT2D eigenvalue weighted by Crippen LogP contribution is -2.13. The molecule has 1 unspecified atom stereocenters. The summed E-state index contributed by atoms with van der Waals surface area (Å²) in [6, 6.07) is 8.08. The molecule has 98 valence electrons. The SMILES string of the molecule is OC1CCCc2c(-c3ccc(F)cc3)cc(Cl)nc21. The Labute approximate surface area is 115 Å². The number of hydrogen-bond donors (Lipinski definition) is 1. The smallest absolute Gasteiger partial charge is 0.130 e. The van der Waals surface area contributed by atoms with Gasteiger partial charge in [0.05, 0.1) is 11.8 Å². The second-order valence-corrected chi connectivity index (χ2v) is 5.16. The number of benzene rings is 1. The molecule has 0 fully saturated rings. The first-order chi connectivity index (χ1) is 9.15. The van der Waals surface area contributed by atoms with E-state index in [9.17, 15) is 9.50 Å². The quantitative estimate of drug-likeness (QED) is 0.802. The van der Waals surface area contributed by atoms with Gasteiger partial charge >= 0.3 is 0 Å².